The molecule has 7 atom stereocenters. The average Bonchev–Trinajstić information content (AvgIpc) is 3.67. The Hall–Kier alpha value is -5.70. The Bertz CT molecular complexity index is 1660. The van der Waals surface area contributed by atoms with E-state index in [2.05, 4.69) is 59.5 Å². The van der Waals surface area contributed by atoms with E-state index in [-0.39, 0.29) is 43.9 Å². The average molecular weight is 803 g/mol. The smallest absolute Gasteiger partial charge is 0.325 e. The van der Waals surface area contributed by atoms with E-state index in [1.54, 1.807) is 44.2 Å². The Balaban J connectivity index is 2.29. The predicted octanol–water partition coefficient (Wildman–Crippen LogP) is -2.81. The monoisotopic (exact) mass is 802 g/mol. The molecule has 1 aromatic carbocycles. The van der Waals surface area contributed by atoms with Crippen molar-refractivity contribution in [2.24, 2.45) is 28.1 Å². The number of carbonyl (C=O) groups excluding carboxylic acids is 6. The summed E-state index contributed by atoms with van der Waals surface area (Å²) in [5.41, 5.74) is 17.7. The molecule has 0 saturated carbocycles. The van der Waals surface area contributed by atoms with E-state index in [0.29, 0.717) is 11.3 Å². The van der Waals surface area contributed by atoms with Crippen LogP contribution in [0.1, 0.15) is 51.8 Å². The van der Waals surface area contributed by atoms with Gasteiger partial charge in [0.2, 0.25) is 35.4 Å². The summed E-state index contributed by atoms with van der Waals surface area (Å²) in [6.07, 6.45) is 3.02. The summed E-state index contributed by atoms with van der Waals surface area (Å²) in [5, 5.41) is 24.7. The van der Waals surface area contributed by atoms with Gasteiger partial charge in [-0.25, -0.2) is 4.98 Å². The van der Waals surface area contributed by atoms with Gasteiger partial charge in [0.05, 0.1) is 12.4 Å². The van der Waals surface area contributed by atoms with Crippen LogP contribution < -0.4 is 49.1 Å². The van der Waals surface area contributed by atoms with E-state index < -0.39 is 89.6 Å². The zero-order valence-corrected chi connectivity index (χ0v) is 32.7. The summed E-state index contributed by atoms with van der Waals surface area (Å²) < 4.78 is 0. The summed E-state index contributed by atoms with van der Waals surface area (Å²) >= 11 is 4.03. The van der Waals surface area contributed by atoms with Gasteiger partial charge in [-0.3, -0.25) is 38.6 Å². The number of hydrogen-bond donors (Lipinski definition) is 12. The first-order valence-electron chi connectivity index (χ1n) is 17.9. The maximum Gasteiger partial charge on any atom is 0.325 e. The number of aliphatic imine (C=N–C) groups is 1. The van der Waals surface area contributed by atoms with Crippen LogP contribution in [0.2, 0.25) is 0 Å². The highest BCUT2D eigenvalue weighted by Gasteiger charge is 2.33. The number of amides is 6. The number of benzene rings is 1. The second-order valence-corrected chi connectivity index (χ2v) is 13.8. The first-order valence-corrected chi connectivity index (χ1v) is 18.5. The minimum absolute atomic E-state index is 0.0198. The normalized spacial score (nSPS) is 14.7. The highest BCUT2D eigenvalue weighted by atomic mass is 32.1. The van der Waals surface area contributed by atoms with Crippen LogP contribution in [0, 0.1) is 5.92 Å². The van der Waals surface area contributed by atoms with Crippen molar-refractivity contribution in [2.45, 2.75) is 95.7 Å². The Morgan fingerprint density at radius 2 is 1.34 bits per heavy atom. The number of guanidine groups is 1. The molecule has 0 fully saturated rings. The molecule has 21 heteroatoms. The molecule has 1 aromatic heterocycles. The SMILES string of the molecule is CC(C)[C@H](NC(=O)[C@@H](N)CS)C(=O)N[C@@H](Cc1cnc[nH]1)C(=O)N[C@@H](C)C(=O)N[C@@H](Cc1ccccc1)C(=O)N[C@@H](CCCN=C(N)N)C(=O)N[C@@H](C)C(=O)O. The number of nitrogens with one attached hydrogen (secondary N) is 7. The van der Waals surface area contributed by atoms with Gasteiger partial charge >= 0.3 is 5.97 Å². The maximum atomic E-state index is 13.8. The number of hydrogen-bond acceptors (Lipinski definition) is 11. The molecule has 0 aliphatic carbocycles. The molecule has 0 spiro atoms. The standard InChI is InChI=1S/C35H54N12O8S/c1-18(2)27(47-29(49)23(36)16-56)33(53)46-26(14-22-15-39-17-41-22)31(51)42-19(3)28(48)45-25(13-21-9-6-5-7-10-21)32(52)44-24(11-8-12-40-35(37)38)30(50)43-20(4)34(54)55/h5-7,9-10,15,17-20,23-27,56H,8,11-14,16,36H2,1-4H3,(H,39,41)(H,42,51)(H,43,50)(H,44,52)(H,45,48)(H,46,53)(H,47,49)(H,54,55)(H4,37,38,40)/t19-,20-,23-,24-,25-,26-,27-/m0/s1. The van der Waals surface area contributed by atoms with Crippen LogP contribution in [0.25, 0.3) is 0 Å². The van der Waals surface area contributed by atoms with Crippen LogP contribution in [-0.2, 0) is 46.4 Å². The van der Waals surface area contributed by atoms with Gasteiger partial charge in [0.25, 0.3) is 0 Å². The number of carboxylic acids is 1. The number of rotatable bonds is 23. The molecule has 0 aliphatic rings. The number of aromatic nitrogens is 2. The Labute approximate surface area is 330 Å². The number of carbonyl (C=O) groups is 7. The van der Waals surface area contributed by atoms with E-state index in [1.807, 2.05) is 0 Å². The first kappa shape index (κ1) is 46.5. The van der Waals surface area contributed by atoms with Gasteiger partial charge in [-0.05, 0) is 38.2 Å². The van der Waals surface area contributed by atoms with Crippen molar-refractivity contribution in [2.75, 3.05) is 12.3 Å². The van der Waals surface area contributed by atoms with Crippen LogP contribution in [0.3, 0.4) is 0 Å². The Morgan fingerprint density at radius 3 is 1.91 bits per heavy atom. The van der Waals surface area contributed by atoms with E-state index in [0.717, 1.165) is 0 Å². The number of thiol groups is 1. The Kier molecular flexibility index (Phi) is 19.3. The van der Waals surface area contributed by atoms with Gasteiger partial charge in [-0.2, -0.15) is 12.6 Å². The van der Waals surface area contributed by atoms with Gasteiger partial charge in [0.15, 0.2) is 5.96 Å². The van der Waals surface area contributed by atoms with Crippen molar-refractivity contribution in [3.63, 3.8) is 0 Å². The number of aromatic amines is 1. The van der Waals surface area contributed by atoms with E-state index in [4.69, 9.17) is 17.2 Å². The largest absolute Gasteiger partial charge is 0.480 e. The predicted molar refractivity (Wildman–Crippen MR) is 210 cm³/mol. The minimum atomic E-state index is -1.29. The van der Waals surface area contributed by atoms with Crippen molar-refractivity contribution >= 4 is 60.0 Å². The summed E-state index contributed by atoms with van der Waals surface area (Å²) in [5.74, 6) is -6.18. The molecule has 20 nitrogen and oxygen atoms in total. The fourth-order valence-electron chi connectivity index (χ4n) is 5.12. The first-order chi connectivity index (χ1) is 26.4. The van der Waals surface area contributed by atoms with Crippen molar-refractivity contribution in [3.8, 4) is 0 Å². The highest BCUT2D eigenvalue weighted by molar-refractivity contribution is 7.80. The maximum absolute atomic E-state index is 13.8. The number of aliphatic carboxylic acids is 1. The van der Waals surface area contributed by atoms with Crippen LogP contribution in [0.4, 0.5) is 0 Å². The molecule has 0 aliphatic heterocycles. The van der Waals surface area contributed by atoms with Gasteiger partial charge in [0.1, 0.15) is 36.3 Å². The molecule has 1 heterocycles. The third kappa shape index (κ3) is 16.0. The summed E-state index contributed by atoms with van der Waals surface area (Å²) in [6, 6.07) is 0.403. The molecule has 2 rings (SSSR count). The molecule has 2 aromatic rings. The molecular formula is C35H54N12O8S. The van der Waals surface area contributed by atoms with E-state index in [1.165, 1.54) is 26.4 Å². The van der Waals surface area contributed by atoms with Crippen molar-refractivity contribution in [1.82, 2.24) is 41.9 Å². The van der Waals surface area contributed by atoms with Gasteiger partial charge in [0, 0.05) is 37.0 Å². The lowest BCUT2D eigenvalue weighted by Gasteiger charge is -2.27. The van der Waals surface area contributed by atoms with Crippen LogP contribution in [0.5, 0.6) is 0 Å². The number of imidazole rings is 1. The minimum Gasteiger partial charge on any atom is -0.480 e. The fraction of sp³-hybridized carbons (Fsp3) is 0.514. The van der Waals surface area contributed by atoms with Crippen LogP contribution >= 0.6 is 12.6 Å². The van der Waals surface area contributed by atoms with Gasteiger partial charge in [-0.15, -0.1) is 0 Å². The lowest BCUT2D eigenvalue weighted by molar-refractivity contribution is -0.141. The van der Waals surface area contributed by atoms with E-state index >= 15 is 0 Å². The third-order valence-corrected chi connectivity index (χ3v) is 8.76. The number of nitrogens with two attached hydrogens (primary N) is 3. The molecule has 56 heavy (non-hydrogen) atoms. The van der Waals surface area contributed by atoms with E-state index in [9.17, 15) is 38.7 Å². The van der Waals surface area contributed by atoms with Crippen molar-refractivity contribution < 1.29 is 38.7 Å². The van der Waals surface area contributed by atoms with Crippen LogP contribution in [0.15, 0.2) is 47.8 Å². The van der Waals surface area contributed by atoms with Crippen LogP contribution in [-0.4, -0.2) is 117 Å². The fourth-order valence-corrected chi connectivity index (χ4v) is 5.29. The topological polar surface area (TPSA) is 331 Å². The molecule has 0 bridgehead atoms. The van der Waals surface area contributed by atoms with Gasteiger partial charge < -0.3 is 59.2 Å². The number of nitrogens with zero attached hydrogens (tertiary/aromatic N) is 2. The molecule has 6 amide bonds. The summed E-state index contributed by atoms with van der Waals surface area (Å²) in [4.78, 5) is 102. The number of carboxylic acid groups (broad SMARTS) is 1. The van der Waals surface area contributed by atoms with Crippen molar-refractivity contribution in [1.29, 1.82) is 0 Å². The number of H-pyrrole nitrogens is 1. The lowest BCUT2D eigenvalue weighted by atomic mass is 10.0. The van der Waals surface area contributed by atoms with Crippen molar-refractivity contribution in [3.05, 3.63) is 54.1 Å². The quantitative estimate of drug-likeness (QED) is 0.0235. The molecular weight excluding hydrogens is 749 g/mol. The molecule has 0 saturated heterocycles. The summed E-state index contributed by atoms with van der Waals surface area (Å²) in [7, 11) is 0. The molecule has 0 radical (unpaired) electrons. The highest BCUT2D eigenvalue weighted by Crippen LogP contribution is 2.09. The Morgan fingerprint density at radius 1 is 0.768 bits per heavy atom. The second kappa shape index (κ2) is 23.3. The lowest BCUT2D eigenvalue weighted by Crippen LogP contribution is -2.60. The zero-order chi connectivity index (χ0) is 41.9. The molecule has 14 N–H and O–H groups in total. The summed E-state index contributed by atoms with van der Waals surface area (Å²) in [6.45, 7) is 6.17. The molecule has 308 valence electrons. The molecule has 0 unspecified atom stereocenters. The van der Waals surface area contributed by atoms with Gasteiger partial charge in [-0.1, -0.05) is 44.2 Å². The third-order valence-electron chi connectivity index (χ3n) is 8.37. The zero-order valence-electron chi connectivity index (χ0n) is 31.8. The second-order valence-electron chi connectivity index (χ2n) is 13.4.